The highest BCUT2D eigenvalue weighted by Crippen LogP contribution is 2.17. The first kappa shape index (κ1) is 17.0. The van der Waals surface area contributed by atoms with Crippen LogP contribution in [0, 0.1) is 0 Å². The van der Waals surface area contributed by atoms with Crippen LogP contribution >= 0.6 is 0 Å². The summed E-state index contributed by atoms with van der Waals surface area (Å²) < 4.78 is 33.1. The highest BCUT2D eigenvalue weighted by molar-refractivity contribution is 7.89. The number of nitrogens with zero attached hydrogens (tertiary/aromatic N) is 2. The fourth-order valence-corrected chi connectivity index (χ4v) is 2.31. The molecule has 124 valence electrons. The summed E-state index contributed by atoms with van der Waals surface area (Å²) in [5, 5.41) is 5.04. The number of aromatic nitrogens is 1. The van der Waals surface area contributed by atoms with Crippen LogP contribution in [-0.4, -0.2) is 40.7 Å². The van der Waals surface area contributed by atoms with Crippen molar-refractivity contribution in [1.82, 2.24) is 4.98 Å². The van der Waals surface area contributed by atoms with Crippen LogP contribution in [0.5, 0.6) is 11.5 Å². The number of anilines is 1. The molecule has 2 aromatic rings. The average molecular weight is 337 g/mol. The van der Waals surface area contributed by atoms with Crippen LogP contribution in [0.4, 0.5) is 5.82 Å². The van der Waals surface area contributed by atoms with E-state index in [-0.39, 0.29) is 4.90 Å². The molecule has 0 spiro atoms. The molecule has 0 amide bonds. The summed E-state index contributed by atoms with van der Waals surface area (Å²) in [4.78, 5) is 5.94. The third kappa shape index (κ3) is 4.83. The average Bonchev–Trinajstić information content (AvgIpc) is 2.54. The molecule has 2 rings (SSSR count). The number of nitrogens with two attached hydrogens (primary N) is 1. The zero-order chi connectivity index (χ0) is 16.9. The zero-order valence-corrected chi connectivity index (χ0v) is 13.8. The van der Waals surface area contributed by atoms with Crippen LogP contribution in [0.3, 0.4) is 0 Å². The molecule has 0 aliphatic rings. The quantitative estimate of drug-likeness (QED) is 0.817. The van der Waals surface area contributed by atoms with Crippen molar-refractivity contribution >= 4 is 15.8 Å². The molecule has 7 nitrogen and oxygen atoms in total. The fourth-order valence-electron chi connectivity index (χ4n) is 1.85. The van der Waals surface area contributed by atoms with Crippen molar-refractivity contribution in [3.63, 3.8) is 0 Å². The molecule has 2 N–H and O–H groups in total. The SMILES string of the molecule is COc1ccc(OCCN(C)c2ccc(S(N)(=O)=O)cn2)cc1. The second-order valence-corrected chi connectivity index (χ2v) is 6.40. The first-order valence-electron chi connectivity index (χ1n) is 6.87. The molecule has 0 aliphatic carbocycles. The Labute approximate surface area is 135 Å². The summed E-state index contributed by atoms with van der Waals surface area (Å²) >= 11 is 0. The molecule has 0 radical (unpaired) electrons. The van der Waals surface area contributed by atoms with Gasteiger partial charge in [0, 0.05) is 13.2 Å². The van der Waals surface area contributed by atoms with E-state index in [2.05, 4.69) is 4.98 Å². The summed E-state index contributed by atoms with van der Waals surface area (Å²) in [6.45, 7) is 1.05. The van der Waals surface area contributed by atoms with Gasteiger partial charge >= 0.3 is 0 Å². The van der Waals surface area contributed by atoms with Gasteiger partial charge in [-0.2, -0.15) is 0 Å². The number of primary sulfonamides is 1. The number of hydrogen-bond donors (Lipinski definition) is 1. The molecule has 23 heavy (non-hydrogen) atoms. The molecule has 0 saturated carbocycles. The summed E-state index contributed by atoms with van der Waals surface area (Å²) in [6.07, 6.45) is 1.24. The van der Waals surface area contributed by atoms with Gasteiger partial charge in [-0.25, -0.2) is 18.5 Å². The molecular weight excluding hydrogens is 318 g/mol. The van der Waals surface area contributed by atoms with E-state index >= 15 is 0 Å². The number of hydrogen-bond acceptors (Lipinski definition) is 6. The predicted molar refractivity (Wildman–Crippen MR) is 87.4 cm³/mol. The Kier molecular flexibility index (Phi) is 5.41. The maximum Gasteiger partial charge on any atom is 0.239 e. The van der Waals surface area contributed by atoms with Crippen LogP contribution < -0.4 is 19.5 Å². The van der Waals surface area contributed by atoms with Crippen molar-refractivity contribution in [1.29, 1.82) is 0 Å². The van der Waals surface area contributed by atoms with Crippen molar-refractivity contribution < 1.29 is 17.9 Å². The molecule has 0 unspecified atom stereocenters. The number of benzene rings is 1. The third-order valence-corrected chi connectivity index (χ3v) is 4.09. The lowest BCUT2D eigenvalue weighted by atomic mass is 10.3. The van der Waals surface area contributed by atoms with Gasteiger partial charge in [-0.15, -0.1) is 0 Å². The Morgan fingerprint density at radius 3 is 2.30 bits per heavy atom. The smallest absolute Gasteiger partial charge is 0.239 e. The summed E-state index contributed by atoms with van der Waals surface area (Å²) in [5.41, 5.74) is 0. The summed E-state index contributed by atoms with van der Waals surface area (Å²) in [5.74, 6) is 2.15. The number of methoxy groups -OCH3 is 1. The summed E-state index contributed by atoms with van der Waals surface area (Å²) in [7, 11) is -0.266. The molecule has 0 aliphatic heterocycles. The van der Waals surface area contributed by atoms with Crippen LogP contribution in [0.25, 0.3) is 0 Å². The molecule has 0 atom stereocenters. The minimum absolute atomic E-state index is 0.0101. The van der Waals surface area contributed by atoms with Crippen molar-refractivity contribution in [3.8, 4) is 11.5 Å². The molecule has 0 bridgehead atoms. The zero-order valence-electron chi connectivity index (χ0n) is 13.0. The highest BCUT2D eigenvalue weighted by Gasteiger charge is 2.09. The molecule has 1 aromatic heterocycles. The van der Waals surface area contributed by atoms with E-state index in [0.717, 1.165) is 11.5 Å². The van der Waals surface area contributed by atoms with Gasteiger partial charge in [-0.3, -0.25) is 0 Å². The molecule has 0 saturated heterocycles. The Balaban J connectivity index is 1.87. The Morgan fingerprint density at radius 1 is 1.13 bits per heavy atom. The van der Waals surface area contributed by atoms with Gasteiger partial charge in [0.05, 0.1) is 13.7 Å². The van der Waals surface area contributed by atoms with E-state index < -0.39 is 10.0 Å². The van der Waals surface area contributed by atoms with Crippen molar-refractivity contribution in [2.75, 3.05) is 32.2 Å². The van der Waals surface area contributed by atoms with Crippen LogP contribution in [0.15, 0.2) is 47.5 Å². The monoisotopic (exact) mass is 337 g/mol. The minimum atomic E-state index is -3.72. The van der Waals surface area contributed by atoms with E-state index in [1.807, 2.05) is 36.2 Å². The largest absolute Gasteiger partial charge is 0.497 e. The lowest BCUT2D eigenvalue weighted by molar-refractivity contribution is 0.324. The number of ether oxygens (including phenoxy) is 2. The molecule has 0 fully saturated rings. The summed E-state index contributed by atoms with van der Waals surface area (Å²) in [6, 6.07) is 10.3. The van der Waals surface area contributed by atoms with E-state index in [0.29, 0.717) is 19.0 Å². The highest BCUT2D eigenvalue weighted by atomic mass is 32.2. The van der Waals surface area contributed by atoms with Gasteiger partial charge in [0.2, 0.25) is 10.0 Å². The second kappa shape index (κ2) is 7.30. The maximum absolute atomic E-state index is 11.2. The standard InChI is InChI=1S/C15H19N3O4S/c1-18(15-8-7-14(11-17-15)23(16,19)20)9-10-22-13-5-3-12(21-2)4-6-13/h3-8,11H,9-10H2,1-2H3,(H2,16,19,20). The normalized spacial score (nSPS) is 11.1. The van der Waals surface area contributed by atoms with Gasteiger partial charge in [-0.1, -0.05) is 0 Å². The predicted octanol–water partition coefficient (Wildman–Crippen LogP) is 1.25. The lowest BCUT2D eigenvalue weighted by Crippen LogP contribution is -2.24. The van der Waals surface area contributed by atoms with Crippen LogP contribution in [-0.2, 0) is 10.0 Å². The maximum atomic E-state index is 11.2. The topological polar surface area (TPSA) is 94.7 Å². The van der Waals surface area contributed by atoms with Crippen molar-refractivity contribution in [2.24, 2.45) is 5.14 Å². The van der Waals surface area contributed by atoms with E-state index in [9.17, 15) is 8.42 Å². The second-order valence-electron chi connectivity index (χ2n) is 4.84. The third-order valence-electron chi connectivity index (χ3n) is 3.20. The lowest BCUT2D eigenvalue weighted by Gasteiger charge is -2.18. The number of pyridine rings is 1. The molecule has 8 heteroatoms. The number of sulfonamides is 1. The van der Waals surface area contributed by atoms with Gasteiger partial charge in [0.25, 0.3) is 0 Å². The van der Waals surface area contributed by atoms with Crippen molar-refractivity contribution in [2.45, 2.75) is 4.90 Å². The van der Waals surface area contributed by atoms with E-state index in [1.165, 1.54) is 12.3 Å². The Bertz CT molecular complexity index is 730. The van der Waals surface area contributed by atoms with E-state index in [4.69, 9.17) is 14.6 Å². The first-order valence-corrected chi connectivity index (χ1v) is 8.41. The Morgan fingerprint density at radius 2 is 1.78 bits per heavy atom. The molecular formula is C15H19N3O4S. The first-order chi connectivity index (χ1) is 10.9. The Hall–Kier alpha value is -2.32. The van der Waals surface area contributed by atoms with Crippen LogP contribution in [0.2, 0.25) is 0 Å². The van der Waals surface area contributed by atoms with Crippen LogP contribution in [0.1, 0.15) is 0 Å². The van der Waals surface area contributed by atoms with Crippen molar-refractivity contribution in [3.05, 3.63) is 42.6 Å². The molecule has 1 heterocycles. The number of rotatable bonds is 7. The van der Waals surface area contributed by atoms with Gasteiger partial charge in [0.1, 0.15) is 28.8 Å². The van der Waals surface area contributed by atoms with Gasteiger partial charge < -0.3 is 14.4 Å². The van der Waals surface area contributed by atoms with Gasteiger partial charge in [-0.05, 0) is 36.4 Å². The van der Waals surface area contributed by atoms with E-state index in [1.54, 1.807) is 13.2 Å². The minimum Gasteiger partial charge on any atom is -0.497 e. The fraction of sp³-hybridized carbons (Fsp3) is 0.267. The molecule has 1 aromatic carbocycles. The number of likely N-dealkylation sites (N-methyl/N-ethyl adjacent to an activating group) is 1. The van der Waals surface area contributed by atoms with Gasteiger partial charge in [0.15, 0.2) is 0 Å².